The third-order valence-corrected chi connectivity index (χ3v) is 11.3. The minimum atomic E-state index is 0.861. The second-order valence-corrected chi connectivity index (χ2v) is 13.9. The van der Waals surface area contributed by atoms with Gasteiger partial charge < -0.3 is 8.83 Å². The Morgan fingerprint density at radius 1 is 0.367 bits per heavy atom. The van der Waals surface area contributed by atoms with E-state index in [1.807, 2.05) is 35.8 Å². The summed E-state index contributed by atoms with van der Waals surface area (Å²) in [6, 6.07) is 54.6. The fourth-order valence-corrected chi connectivity index (χ4v) is 9.10. The zero-order valence-corrected chi connectivity index (χ0v) is 27.1. The number of furan rings is 2. The zero-order valence-electron chi connectivity index (χ0n) is 26.2. The van der Waals surface area contributed by atoms with Gasteiger partial charge in [0, 0.05) is 41.9 Å². The maximum atomic E-state index is 6.63. The van der Waals surface area contributed by atoms with Crippen LogP contribution in [0, 0.1) is 0 Å². The van der Waals surface area contributed by atoms with E-state index in [0.717, 1.165) is 49.6 Å². The second-order valence-electron chi connectivity index (χ2n) is 12.8. The van der Waals surface area contributed by atoms with E-state index in [-0.39, 0.29) is 0 Å². The minimum Gasteiger partial charge on any atom is -0.464 e. The van der Waals surface area contributed by atoms with Gasteiger partial charge in [0.1, 0.15) is 16.7 Å². The molecule has 11 rings (SSSR count). The summed E-state index contributed by atoms with van der Waals surface area (Å²) in [5.74, 6) is 0. The van der Waals surface area contributed by atoms with Crippen molar-refractivity contribution < 1.29 is 8.83 Å². The fourth-order valence-electron chi connectivity index (χ4n) is 8.01. The molecule has 0 radical (unpaired) electrons. The molecule has 0 saturated carbocycles. The van der Waals surface area contributed by atoms with Crippen LogP contribution in [-0.2, 0) is 0 Å². The molecule has 11 aromatic rings. The molecule has 228 valence electrons. The SMILES string of the molecule is c1ccc(-c2coc3ccc4oc5cc(-c6c7ccccc7c(-c7ccc8sc9ccccc9c8c7)c7ccccc67)ccc5c4c23)cc1. The van der Waals surface area contributed by atoms with E-state index < -0.39 is 0 Å². The molecule has 49 heavy (non-hydrogen) atoms. The summed E-state index contributed by atoms with van der Waals surface area (Å²) >= 11 is 1.86. The van der Waals surface area contributed by atoms with Gasteiger partial charge in [0.25, 0.3) is 0 Å². The van der Waals surface area contributed by atoms with Crippen LogP contribution in [0.1, 0.15) is 0 Å². The van der Waals surface area contributed by atoms with E-state index in [9.17, 15) is 0 Å². The Bertz CT molecular complexity index is 3050. The summed E-state index contributed by atoms with van der Waals surface area (Å²) in [5.41, 5.74) is 9.66. The molecular weight excluding hydrogens is 617 g/mol. The van der Waals surface area contributed by atoms with Crippen LogP contribution in [0.5, 0.6) is 0 Å². The highest BCUT2D eigenvalue weighted by atomic mass is 32.1. The van der Waals surface area contributed by atoms with Crippen molar-refractivity contribution in [2.24, 2.45) is 0 Å². The molecule has 0 N–H and O–H groups in total. The van der Waals surface area contributed by atoms with Gasteiger partial charge in [0.2, 0.25) is 0 Å². The summed E-state index contributed by atoms with van der Waals surface area (Å²) < 4.78 is 15.3. The molecule has 3 heteroatoms. The first kappa shape index (κ1) is 26.9. The van der Waals surface area contributed by atoms with Gasteiger partial charge >= 0.3 is 0 Å². The molecule has 0 saturated heterocycles. The molecular formula is C46H26O2S. The van der Waals surface area contributed by atoms with Gasteiger partial charge in [-0.15, -0.1) is 11.3 Å². The topological polar surface area (TPSA) is 26.3 Å². The lowest BCUT2D eigenvalue weighted by molar-refractivity contribution is 0.616. The van der Waals surface area contributed by atoms with Gasteiger partial charge in [-0.3, -0.25) is 0 Å². The molecule has 0 fully saturated rings. The molecule has 3 aromatic heterocycles. The van der Waals surface area contributed by atoms with Crippen molar-refractivity contribution in [2.75, 3.05) is 0 Å². The van der Waals surface area contributed by atoms with Crippen molar-refractivity contribution in [3.05, 3.63) is 158 Å². The van der Waals surface area contributed by atoms with Crippen molar-refractivity contribution in [3.8, 4) is 33.4 Å². The summed E-state index contributed by atoms with van der Waals surface area (Å²) in [7, 11) is 0. The van der Waals surface area contributed by atoms with Gasteiger partial charge in [-0.25, -0.2) is 0 Å². The lowest BCUT2D eigenvalue weighted by Crippen LogP contribution is -1.90. The quantitative estimate of drug-likeness (QED) is 0.179. The lowest BCUT2D eigenvalue weighted by Gasteiger charge is -2.18. The third-order valence-electron chi connectivity index (χ3n) is 10.1. The predicted octanol–water partition coefficient (Wildman–Crippen LogP) is 14.0. The van der Waals surface area contributed by atoms with Crippen LogP contribution < -0.4 is 0 Å². The Morgan fingerprint density at radius 2 is 0.959 bits per heavy atom. The van der Waals surface area contributed by atoms with E-state index in [1.54, 1.807) is 0 Å². The molecule has 0 aliphatic carbocycles. The maximum Gasteiger partial charge on any atom is 0.136 e. The first-order valence-electron chi connectivity index (χ1n) is 16.6. The average Bonchev–Trinajstić information content (AvgIpc) is 3.86. The standard InChI is InChI=1S/C46H26O2S/c1-2-10-27(11-3-1)37-26-47-38-21-22-39-45(46(37)38)35-20-18-29(25-40(35)48-39)44-33-15-6-4-13-31(33)43(32-14-5-7-16-34(32)44)28-19-23-42-36(24-28)30-12-8-9-17-41(30)49-42/h1-26H. The molecule has 2 nitrogen and oxygen atoms in total. The Hall–Kier alpha value is -6.16. The van der Waals surface area contributed by atoms with Crippen molar-refractivity contribution in [3.63, 3.8) is 0 Å². The molecule has 0 bridgehead atoms. The fraction of sp³-hybridized carbons (Fsp3) is 0. The van der Waals surface area contributed by atoms with Gasteiger partial charge in [-0.1, -0.05) is 109 Å². The molecule has 0 aliphatic rings. The molecule has 0 unspecified atom stereocenters. The number of benzene rings is 8. The van der Waals surface area contributed by atoms with Crippen molar-refractivity contribution in [2.45, 2.75) is 0 Å². The summed E-state index contributed by atoms with van der Waals surface area (Å²) in [6.07, 6.45) is 1.87. The minimum absolute atomic E-state index is 0.861. The molecule has 0 aliphatic heterocycles. The van der Waals surface area contributed by atoms with Crippen molar-refractivity contribution in [1.82, 2.24) is 0 Å². The van der Waals surface area contributed by atoms with Crippen molar-refractivity contribution >= 4 is 86.0 Å². The van der Waals surface area contributed by atoms with Gasteiger partial charge in [-0.2, -0.15) is 0 Å². The third kappa shape index (κ3) is 3.88. The number of hydrogen-bond acceptors (Lipinski definition) is 3. The van der Waals surface area contributed by atoms with E-state index in [2.05, 4.69) is 133 Å². The molecule has 3 heterocycles. The van der Waals surface area contributed by atoms with Crippen molar-refractivity contribution in [1.29, 1.82) is 0 Å². The number of thiophene rings is 1. The molecule has 0 amide bonds. The average molecular weight is 643 g/mol. The Kier molecular flexibility index (Phi) is 5.57. The monoisotopic (exact) mass is 642 g/mol. The van der Waals surface area contributed by atoms with Crippen LogP contribution in [0.3, 0.4) is 0 Å². The lowest BCUT2D eigenvalue weighted by atomic mass is 9.85. The summed E-state index contributed by atoms with van der Waals surface area (Å²) in [6.45, 7) is 0. The Morgan fingerprint density at radius 3 is 1.69 bits per heavy atom. The highest BCUT2D eigenvalue weighted by Gasteiger charge is 2.20. The second kappa shape index (κ2) is 10.2. The van der Waals surface area contributed by atoms with Crippen LogP contribution >= 0.6 is 11.3 Å². The normalized spacial score (nSPS) is 12.1. The molecule has 0 spiro atoms. The molecule has 8 aromatic carbocycles. The maximum absolute atomic E-state index is 6.63. The van der Waals surface area contributed by atoms with Gasteiger partial charge in [0.15, 0.2) is 0 Å². The Balaban J connectivity index is 1.17. The number of hydrogen-bond donors (Lipinski definition) is 0. The van der Waals surface area contributed by atoms with Crippen LogP contribution in [0.4, 0.5) is 0 Å². The first-order valence-corrected chi connectivity index (χ1v) is 17.4. The largest absolute Gasteiger partial charge is 0.464 e. The molecule has 0 atom stereocenters. The van der Waals surface area contributed by atoms with Crippen LogP contribution in [0.15, 0.2) is 167 Å². The van der Waals surface area contributed by atoms with Crippen LogP contribution in [-0.4, -0.2) is 0 Å². The van der Waals surface area contributed by atoms with E-state index in [0.29, 0.717) is 0 Å². The number of rotatable bonds is 3. The summed E-state index contributed by atoms with van der Waals surface area (Å²) in [4.78, 5) is 0. The van der Waals surface area contributed by atoms with Crippen LogP contribution in [0.25, 0.3) is 108 Å². The van der Waals surface area contributed by atoms with Gasteiger partial charge in [0.05, 0.1) is 6.26 Å². The Labute approximate surface area is 285 Å². The number of fused-ring (bicyclic) bond motifs is 10. The predicted molar refractivity (Wildman–Crippen MR) is 208 cm³/mol. The highest BCUT2D eigenvalue weighted by Crippen LogP contribution is 2.47. The summed E-state index contributed by atoms with van der Waals surface area (Å²) in [5, 5.41) is 10.8. The first-order chi connectivity index (χ1) is 24.3. The smallest absolute Gasteiger partial charge is 0.136 e. The van der Waals surface area contributed by atoms with E-state index in [1.165, 1.54) is 58.4 Å². The zero-order chi connectivity index (χ0) is 32.1. The van der Waals surface area contributed by atoms with E-state index in [4.69, 9.17) is 8.83 Å². The van der Waals surface area contributed by atoms with Crippen LogP contribution in [0.2, 0.25) is 0 Å². The highest BCUT2D eigenvalue weighted by molar-refractivity contribution is 7.25. The van der Waals surface area contributed by atoms with E-state index >= 15 is 0 Å². The van der Waals surface area contributed by atoms with Gasteiger partial charge in [-0.05, 0) is 91.8 Å².